The average Bonchev–Trinajstić information content (AvgIpc) is 3.22. The highest BCUT2D eigenvalue weighted by molar-refractivity contribution is 6.70. The maximum absolute atomic E-state index is 6.48. The number of rotatable bonds is 8. The molecule has 140 valence electrons. The van der Waals surface area contributed by atoms with Crippen LogP contribution in [0.2, 0.25) is 39.3 Å². The second-order valence-electron chi connectivity index (χ2n) is 9.12. The van der Waals surface area contributed by atoms with Crippen molar-refractivity contribution in [3.63, 3.8) is 0 Å². The van der Waals surface area contributed by atoms with Gasteiger partial charge in [0.1, 0.15) is 12.2 Å². The molecule has 1 aliphatic heterocycles. The topological polar surface area (TPSA) is 40.2 Å². The van der Waals surface area contributed by atoms with Crippen LogP contribution in [0, 0.1) is 5.92 Å². The first-order valence-electron chi connectivity index (χ1n) is 9.27. The van der Waals surface area contributed by atoms with Crippen molar-refractivity contribution in [1.29, 1.82) is 0 Å². The average molecular weight is 381 g/mol. The summed E-state index contributed by atoms with van der Waals surface area (Å²) in [6.45, 7) is 14.7. The Morgan fingerprint density at radius 3 is 1.84 bits per heavy atom. The van der Waals surface area contributed by atoms with Crippen LogP contribution in [0.1, 0.15) is 5.56 Å². The van der Waals surface area contributed by atoms with Gasteiger partial charge in [-0.15, -0.1) is 0 Å². The molecule has 2 fully saturated rings. The SMILES string of the molecule is C[Si](C)(C)O[C@@H]1C(COCc2ccccc2)[C@H](O[Si](C)(C)C)[C@H]2O[C@H]21. The molecule has 1 aliphatic carbocycles. The van der Waals surface area contributed by atoms with Gasteiger partial charge in [-0.2, -0.15) is 0 Å². The molecule has 0 aromatic heterocycles. The molecule has 1 saturated carbocycles. The van der Waals surface area contributed by atoms with Crippen LogP contribution >= 0.6 is 0 Å². The van der Waals surface area contributed by atoms with E-state index in [9.17, 15) is 0 Å². The molecule has 1 aromatic rings. The molecule has 0 spiro atoms. The van der Waals surface area contributed by atoms with Crippen molar-refractivity contribution in [3.8, 4) is 0 Å². The molecule has 0 amide bonds. The molecule has 0 N–H and O–H groups in total. The molecule has 6 heteroatoms. The molecule has 0 bridgehead atoms. The lowest BCUT2D eigenvalue weighted by Crippen LogP contribution is -2.45. The van der Waals surface area contributed by atoms with E-state index < -0.39 is 16.6 Å². The van der Waals surface area contributed by atoms with Crippen LogP contribution in [-0.2, 0) is 24.9 Å². The normalized spacial score (nSPS) is 31.8. The van der Waals surface area contributed by atoms with E-state index in [0.717, 1.165) is 0 Å². The number of hydrogen-bond donors (Lipinski definition) is 0. The van der Waals surface area contributed by atoms with Crippen molar-refractivity contribution in [3.05, 3.63) is 35.9 Å². The highest BCUT2D eigenvalue weighted by Gasteiger charge is 2.64. The number of hydrogen-bond acceptors (Lipinski definition) is 4. The third kappa shape index (κ3) is 5.24. The van der Waals surface area contributed by atoms with E-state index in [1.54, 1.807) is 0 Å². The Morgan fingerprint density at radius 2 is 1.36 bits per heavy atom. The molecule has 2 aliphatic rings. The highest BCUT2D eigenvalue weighted by atomic mass is 28.4. The monoisotopic (exact) mass is 380 g/mol. The first kappa shape index (κ1) is 19.3. The number of epoxide rings is 1. The molecule has 1 heterocycles. The van der Waals surface area contributed by atoms with Gasteiger partial charge in [0.25, 0.3) is 0 Å². The van der Waals surface area contributed by atoms with Crippen LogP contribution in [0.5, 0.6) is 0 Å². The van der Waals surface area contributed by atoms with Gasteiger partial charge in [-0.3, -0.25) is 0 Å². The van der Waals surface area contributed by atoms with Crippen LogP contribution in [-0.4, -0.2) is 47.7 Å². The minimum atomic E-state index is -1.65. The molecule has 1 saturated heterocycles. The molecule has 1 unspecified atom stereocenters. The highest BCUT2D eigenvalue weighted by Crippen LogP contribution is 2.47. The fourth-order valence-electron chi connectivity index (χ4n) is 3.54. The first-order valence-corrected chi connectivity index (χ1v) is 16.1. The van der Waals surface area contributed by atoms with Gasteiger partial charge in [0, 0.05) is 5.92 Å². The fourth-order valence-corrected chi connectivity index (χ4v) is 5.79. The Labute approximate surface area is 154 Å². The first-order chi connectivity index (χ1) is 11.6. The fraction of sp³-hybridized carbons (Fsp3) is 0.684. The van der Waals surface area contributed by atoms with Crippen LogP contribution in [0.4, 0.5) is 0 Å². The lowest BCUT2D eigenvalue weighted by atomic mass is 10.0. The van der Waals surface area contributed by atoms with E-state index in [1.165, 1.54) is 5.56 Å². The van der Waals surface area contributed by atoms with Crippen molar-refractivity contribution in [2.24, 2.45) is 5.92 Å². The summed E-state index contributed by atoms with van der Waals surface area (Å²) in [5, 5.41) is 0. The molecule has 0 radical (unpaired) electrons. The van der Waals surface area contributed by atoms with Crippen LogP contribution in [0.3, 0.4) is 0 Å². The molecule has 3 rings (SSSR count). The lowest BCUT2D eigenvalue weighted by Gasteiger charge is -2.34. The Bertz CT molecular complexity index is 539. The van der Waals surface area contributed by atoms with Crippen molar-refractivity contribution in [1.82, 2.24) is 0 Å². The molecule has 4 nitrogen and oxygen atoms in total. The van der Waals surface area contributed by atoms with Crippen LogP contribution in [0.15, 0.2) is 30.3 Å². The zero-order chi connectivity index (χ0) is 18.2. The van der Waals surface area contributed by atoms with Gasteiger partial charge in [-0.25, -0.2) is 0 Å². The van der Waals surface area contributed by atoms with Crippen LogP contribution in [0.25, 0.3) is 0 Å². The van der Waals surface area contributed by atoms with E-state index in [0.29, 0.717) is 13.2 Å². The predicted molar refractivity (Wildman–Crippen MR) is 105 cm³/mol. The Kier molecular flexibility index (Phi) is 5.59. The maximum Gasteiger partial charge on any atom is 0.184 e. The molecule has 1 aromatic carbocycles. The van der Waals surface area contributed by atoms with E-state index in [1.807, 2.05) is 18.2 Å². The van der Waals surface area contributed by atoms with Gasteiger partial charge in [0.15, 0.2) is 16.6 Å². The van der Waals surface area contributed by atoms with E-state index in [-0.39, 0.29) is 30.3 Å². The van der Waals surface area contributed by atoms with Gasteiger partial charge < -0.3 is 18.3 Å². The lowest BCUT2D eigenvalue weighted by molar-refractivity contribution is -0.0386. The summed E-state index contributed by atoms with van der Waals surface area (Å²) in [6.07, 6.45) is 0.597. The third-order valence-electron chi connectivity index (χ3n) is 4.45. The number of benzene rings is 1. The quantitative estimate of drug-likeness (QED) is 0.504. The Hall–Kier alpha value is -0.506. The summed E-state index contributed by atoms with van der Waals surface area (Å²) in [5.74, 6) is 0.255. The van der Waals surface area contributed by atoms with E-state index in [2.05, 4.69) is 51.4 Å². The Balaban J connectivity index is 1.66. The van der Waals surface area contributed by atoms with Crippen molar-refractivity contribution in [2.45, 2.75) is 70.3 Å². The molecular formula is C19H32O4Si2. The van der Waals surface area contributed by atoms with E-state index >= 15 is 0 Å². The van der Waals surface area contributed by atoms with Gasteiger partial charge in [0.2, 0.25) is 0 Å². The summed E-state index contributed by atoms with van der Waals surface area (Å²) in [4.78, 5) is 0. The van der Waals surface area contributed by atoms with Crippen molar-refractivity contribution >= 4 is 16.6 Å². The van der Waals surface area contributed by atoms with Gasteiger partial charge in [-0.05, 0) is 44.8 Å². The zero-order valence-electron chi connectivity index (χ0n) is 16.3. The Morgan fingerprint density at radius 1 is 0.840 bits per heavy atom. The summed E-state index contributed by atoms with van der Waals surface area (Å²) in [6, 6.07) is 10.3. The second kappa shape index (κ2) is 7.25. The smallest absolute Gasteiger partial charge is 0.184 e. The molecular weight excluding hydrogens is 348 g/mol. The van der Waals surface area contributed by atoms with E-state index in [4.69, 9.17) is 18.3 Å². The molecule has 5 atom stereocenters. The third-order valence-corrected chi connectivity index (χ3v) is 6.41. The van der Waals surface area contributed by atoms with Gasteiger partial charge >= 0.3 is 0 Å². The summed E-state index contributed by atoms with van der Waals surface area (Å²) in [7, 11) is -3.30. The number of ether oxygens (including phenoxy) is 2. The number of fused-ring (bicyclic) bond motifs is 1. The van der Waals surface area contributed by atoms with Gasteiger partial charge in [0.05, 0.1) is 25.4 Å². The second-order valence-corrected chi connectivity index (χ2v) is 18.0. The van der Waals surface area contributed by atoms with Crippen molar-refractivity contribution < 1.29 is 18.3 Å². The minimum absolute atomic E-state index is 0.105. The minimum Gasteiger partial charge on any atom is -0.412 e. The zero-order valence-corrected chi connectivity index (χ0v) is 18.3. The maximum atomic E-state index is 6.48. The van der Waals surface area contributed by atoms with Crippen LogP contribution < -0.4 is 0 Å². The largest absolute Gasteiger partial charge is 0.412 e. The van der Waals surface area contributed by atoms with Gasteiger partial charge in [-0.1, -0.05) is 30.3 Å². The summed E-state index contributed by atoms with van der Waals surface area (Å²) >= 11 is 0. The van der Waals surface area contributed by atoms with Crippen molar-refractivity contribution in [2.75, 3.05) is 6.61 Å². The summed E-state index contributed by atoms with van der Waals surface area (Å²) in [5.41, 5.74) is 1.20. The summed E-state index contributed by atoms with van der Waals surface area (Å²) < 4.78 is 24.9. The molecule has 25 heavy (non-hydrogen) atoms. The predicted octanol–water partition coefficient (Wildman–Crippen LogP) is 4.04. The standard InChI is InChI=1S/C19H32O4Si2/c1-24(2,3)22-16-15(13-20-12-14-10-8-7-9-11-14)17(19-18(16)21-19)23-25(4,5)6/h7-11,15-19H,12-13H2,1-6H3/t15?,16-,17+,18+,19-.